The highest BCUT2D eigenvalue weighted by Crippen LogP contribution is 1.99. The molecule has 0 aromatic carbocycles. The van der Waals surface area contributed by atoms with Crippen LogP contribution in [0, 0.1) is 0 Å². The van der Waals surface area contributed by atoms with Crippen molar-refractivity contribution in [3.8, 4) is 0 Å². The molecule has 3 nitrogen and oxygen atoms in total. The molecule has 1 aliphatic heterocycles. The fourth-order valence-electron chi connectivity index (χ4n) is 0.750. The molecule has 1 N–H and O–H groups in total. The lowest BCUT2D eigenvalue weighted by Crippen LogP contribution is -2.31. The van der Waals surface area contributed by atoms with Gasteiger partial charge in [0.2, 0.25) is 0 Å². The number of rotatable bonds is 1. The van der Waals surface area contributed by atoms with Gasteiger partial charge in [0.1, 0.15) is 0 Å². The Labute approximate surface area is 60.7 Å². The van der Waals surface area contributed by atoms with Crippen molar-refractivity contribution < 1.29 is 0 Å². The quantitative estimate of drug-likeness (QED) is 0.534. The smallest absolute Gasteiger partial charge is 0.0747 e. The lowest BCUT2D eigenvalue weighted by Gasteiger charge is -2.21. The van der Waals surface area contributed by atoms with Crippen molar-refractivity contribution in [2.24, 2.45) is 4.99 Å². The molecule has 0 atom stereocenters. The second-order valence-corrected chi connectivity index (χ2v) is 2.03. The Morgan fingerprint density at radius 1 is 1.70 bits per heavy atom. The van der Waals surface area contributed by atoms with Crippen LogP contribution in [0.3, 0.4) is 0 Å². The first-order valence-electron chi connectivity index (χ1n) is 3.13. The summed E-state index contributed by atoms with van der Waals surface area (Å²) in [6.45, 7) is 0. The lowest BCUT2D eigenvalue weighted by molar-refractivity contribution is 0.367. The Bertz CT molecular complexity index is 191. The average Bonchev–Trinajstić information content (AvgIpc) is 1.94. The van der Waals surface area contributed by atoms with Gasteiger partial charge < -0.3 is 5.43 Å². The topological polar surface area (TPSA) is 27.6 Å². The first-order valence-corrected chi connectivity index (χ1v) is 3.13. The molecular weight excluding hydrogens is 126 g/mol. The predicted octanol–water partition coefficient (Wildman–Crippen LogP) is 0.535. The second kappa shape index (κ2) is 3.06. The standard InChI is InChI=1S/C7H11N3/c1-8-6-7-4-3-5-9-10(7)2/h3-6,9H,1-2H3. The normalized spacial score (nSPS) is 17.4. The summed E-state index contributed by atoms with van der Waals surface area (Å²) in [6, 6.07) is 0. The third-order valence-corrected chi connectivity index (χ3v) is 1.28. The molecule has 1 heterocycles. The summed E-state index contributed by atoms with van der Waals surface area (Å²) < 4.78 is 0. The van der Waals surface area contributed by atoms with Crippen LogP contribution >= 0.6 is 0 Å². The number of hydrogen-bond acceptors (Lipinski definition) is 3. The highest BCUT2D eigenvalue weighted by atomic mass is 15.5. The van der Waals surface area contributed by atoms with Crippen LogP contribution in [0.25, 0.3) is 0 Å². The van der Waals surface area contributed by atoms with Crippen molar-refractivity contribution in [2.75, 3.05) is 14.1 Å². The van der Waals surface area contributed by atoms with Gasteiger partial charge in [-0.2, -0.15) is 0 Å². The summed E-state index contributed by atoms with van der Waals surface area (Å²) in [4.78, 5) is 3.90. The largest absolute Gasteiger partial charge is 0.306 e. The molecule has 0 bridgehead atoms. The monoisotopic (exact) mass is 137 g/mol. The second-order valence-electron chi connectivity index (χ2n) is 2.03. The van der Waals surface area contributed by atoms with E-state index in [-0.39, 0.29) is 0 Å². The molecule has 0 amide bonds. The van der Waals surface area contributed by atoms with E-state index in [2.05, 4.69) is 10.4 Å². The van der Waals surface area contributed by atoms with E-state index in [0.717, 1.165) is 5.70 Å². The minimum Gasteiger partial charge on any atom is -0.306 e. The zero-order valence-corrected chi connectivity index (χ0v) is 6.20. The maximum atomic E-state index is 3.90. The number of aliphatic imine (C=N–C) groups is 1. The third kappa shape index (κ3) is 1.37. The number of allylic oxidation sites excluding steroid dienone is 3. The molecular formula is C7H11N3. The van der Waals surface area contributed by atoms with Crippen LogP contribution in [0.4, 0.5) is 0 Å². The zero-order valence-electron chi connectivity index (χ0n) is 6.20. The Kier molecular flexibility index (Phi) is 2.10. The van der Waals surface area contributed by atoms with Crippen LogP contribution in [0.2, 0.25) is 0 Å². The van der Waals surface area contributed by atoms with E-state index in [9.17, 15) is 0 Å². The van der Waals surface area contributed by atoms with Gasteiger partial charge in [0.15, 0.2) is 0 Å². The zero-order chi connectivity index (χ0) is 7.40. The first kappa shape index (κ1) is 6.86. The summed E-state index contributed by atoms with van der Waals surface area (Å²) in [6.07, 6.45) is 7.60. The van der Waals surface area contributed by atoms with E-state index in [1.807, 2.05) is 30.4 Å². The van der Waals surface area contributed by atoms with Gasteiger partial charge in [-0.15, -0.1) is 0 Å². The van der Waals surface area contributed by atoms with E-state index in [0.29, 0.717) is 0 Å². The van der Waals surface area contributed by atoms with E-state index in [1.165, 1.54) is 0 Å². The maximum Gasteiger partial charge on any atom is 0.0747 e. The van der Waals surface area contributed by atoms with E-state index >= 15 is 0 Å². The molecule has 0 spiro atoms. The van der Waals surface area contributed by atoms with Crippen molar-refractivity contribution in [1.29, 1.82) is 0 Å². The Balaban J connectivity index is 2.70. The van der Waals surface area contributed by atoms with Crippen molar-refractivity contribution in [1.82, 2.24) is 10.4 Å². The van der Waals surface area contributed by atoms with Crippen molar-refractivity contribution in [3.05, 3.63) is 24.0 Å². The Morgan fingerprint density at radius 2 is 2.50 bits per heavy atom. The van der Waals surface area contributed by atoms with Gasteiger partial charge in [0, 0.05) is 26.5 Å². The molecule has 0 unspecified atom stereocenters. The van der Waals surface area contributed by atoms with Crippen molar-refractivity contribution >= 4 is 6.21 Å². The molecule has 10 heavy (non-hydrogen) atoms. The van der Waals surface area contributed by atoms with Crippen LogP contribution < -0.4 is 5.43 Å². The SMILES string of the molecule is CN=CC1=CC=CNN1C. The van der Waals surface area contributed by atoms with Gasteiger partial charge in [-0.3, -0.25) is 10.0 Å². The number of hydrogen-bond donors (Lipinski definition) is 1. The van der Waals surface area contributed by atoms with Crippen molar-refractivity contribution in [2.45, 2.75) is 0 Å². The maximum absolute atomic E-state index is 3.90. The van der Waals surface area contributed by atoms with Gasteiger partial charge >= 0.3 is 0 Å². The van der Waals surface area contributed by atoms with E-state index < -0.39 is 0 Å². The number of hydrazine groups is 1. The van der Waals surface area contributed by atoms with Gasteiger partial charge in [0.05, 0.1) is 5.70 Å². The molecule has 3 heteroatoms. The average molecular weight is 137 g/mol. The lowest BCUT2D eigenvalue weighted by atomic mass is 10.4. The Hall–Kier alpha value is -1.25. The van der Waals surface area contributed by atoms with Crippen LogP contribution in [0.1, 0.15) is 0 Å². The summed E-state index contributed by atoms with van der Waals surface area (Å²) in [7, 11) is 3.70. The van der Waals surface area contributed by atoms with Gasteiger partial charge in [-0.05, 0) is 12.2 Å². The van der Waals surface area contributed by atoms with E-state index in [4.69, 9.17) is 0 Å². The fourth-order valence-corrected chi connectivity index (χ4v) is 0.750. The summed E-state index contributed by atoms with van der Waals surface area (Å²) in [5, 5.41) is 1.90. The molecule has 0 saturated carbocycles. The summed E-state index contributed by atoms with van der Waals surface area (Å²) in [5.41, 5.74) is 4.07. The predicted molar refractivity (Wildman–Crippen MR) is 42.5 cm³/mol. The minimum atomic E-state index is 1.06. The van der Waals surface area contributed by atoms with Gasteiger partial charge in [-0.1, -0.05) is 0 Å². The van der Waals surface area contributed by atoms with E-state index in [1.54, 1.807) is 13.3 Å². The molecule has 0 fully saturated rings. The van der Waals surface area contributed by atoms with Crippen molar-refractivity contribution in [3.63, 3.8) is 0 Å². The molecule has 0 aliphatic carbocycles. The molecule has 0 aromatic heterocycles. The molecule has 0 radical (unpaired) electrons. The van der Waals surface area contributed by atoms with Crippen LogP contribution in [0.5, 0.6) is 0 Å². The summed E-state index contributed by atoms with van der Waals surface area (Å²) in [5.74, 6) is 0. The fraction of sp³-hybridized carbons (Fsp3) is 0.286. The molecule has 0 saturated heterocycles. The van der Waals surface area contributed by atoms with Gasteiger partial charge in [0.25, 0.3) is 0 Å². The van der Waals surface area contributed by atoms with Gasteiger partial charge in [-0.25, -0.2) is 0 Å². The highest BCUT2D eigenvalue weighted by molar-refractivity contribution is 5.78. The first-order chi connectivity index (χ1) is 4.84. The van der Waals surface area contributed by atoms with Crippen LogP contribution in [-0.4, -0.2) is 25.3 Å². The molecule has 0 aromatic rings. The summed E-state index contributed by atoms with van der Waals surface area (Å²) >= 11 is 0. The highest BCUT2D eigenvalue weighted by Gasteiger charge is 1.99. The van der Waals surface area contributed by atoms with Crippen LogP contribution in [-0.2, 0) is 0 Å². The minimum absolute atomic E-state index is 1.06. The number of nitrogens with one attached hydrogen (secondary N) is 1. The Morgan fingerprint density at radius 3 is 3.10 bits per heavy atom. The van der Waals surface area contributed by atoms with Crippen LogP contribution in [0.15, 0.2) is 29.0 Å². The number of nitrogens with zero attached hydrogens (tertiary/aromatic N) is 2. The molecule has 1 aliphatic rings. The molecule has 54 valence electrons. The third-order valence-electron chi connectivity index (χ3n) is 1.28. The molecule has 1 rings (SSSR count).